The van der Waals surface area contributed by atoms with Crippen LogP contribution < -0.4 is 10.1 Å². The number of nitrogens with one attached hydrogen (secondary N) is 1. The molecular formula is C27H26F2N2O2. The molecule has 0 aliphatic carbocycles. The standard InChI is InChI=1S/C27H26F2N2O2/c1-2-3-11-30-27(32)20-9-10-26-21(14-20)15-24(18-33-25-7-5-4-6-8-25)31(26)17-19-12-22(28)16-23(29)13-19/h4-10,12-16H,2-3,11,17-18H2,1H3,(H,30,32). The molecule has 0 saturated heterocycles. The minimum atomic E-state index is -0.616. The Hall–Kier alpha value is -3.67. The number of rotatable bonds is 9. The first kappa shape index (κ1) is 22.5. The van der Waals surface area contributed by atoms with Crippen molar-refractivity contribution < 1.29 is 18.3 Å². The summed E-state index contributed by atoms with van der Waals surface area (Å²) >= 11 is 0. The summed E-state index contributed by atoms with van der Waals surface area (Å²) in [6.45, 7) is 3.25. The molecule has 33 heavy (non-hydrogen) atoms. The molecular weight excluding hydrogens is 422 g/mol. The van der Waals surface area contributed by atoms with Crippen molar-refractivity contribution in [1.82, 2.24) is 9.88 Å². The molecule has 0 unspecified atom stereocenters. The van der Waals surface area contributed by atoms with Gasteiger partial charge in [-0.3, -0.25) is 4.79 Å². The number of carbonyl (C=O) groups is 1. The Bertz CT molecular complexity index is 1230. The second kappa shape index (κ2) is 10.3. The predicted octanol–water partition coefficient (Wildman–Crippen LogP) is 6.08. The van der Waals surface area contributed by atoms with E-state index >= 15 is 0 Å². The molecule has 0 radical (unpaired) electrons. The average Bonchev–Trinajstić information content (AvgIpc) is 3.14. The summed E-state index contributed by atoms with van der Waals surface area (Å²) in [5, 5.41) is 3.79. The van der Waals surface area contributed by atoms with Crippen LogP contribution in [0.15, 0.2) is 72.8 Å². The summed E-state index contributed by atoms with van der Waals surface area (Å²) in [5.41, 5.74) is 2.77. The van der Waals surface area contributed by atoms with Gasteiger partial charge in [0, 0.05) is 35.6 Å². The third kappa shape index (κ3) is 5.58. The van der Waals surface area contributed by atoms with Gasteiger partial charge >= 0.3 is 0 Å². The van der Waals surface area contributed by atoms with E-state index in [9.17, 15) is 13.6 Å². The molecule has 1 heterocycles. The molecule has 0 spiro atoms. The molecule has 1 amide bonds. The molecule has 4 rings (SSSR count). The van der Waals surface area contributed by atoms with Crippen LogP contribution in [-0.4, -0.2) is 17.0 Å². The summed E-state index contributed by atoms with van der Waals surface area (Å²) in [6, 6.07) is 20.4. The monoisotopic (exact) mass is 448 g/mol. The maximum Gasteiger partial charge on any atom is 0.251 e. The third-order valence-electron chi connectivity index (χ3n) is 5.46. The summed E-state index contributed by atoms with van der Waals surface area (Å²) < 4.78 is 35.5. The van der Waals surface area contributed by atoms with Crippen LogP contribution in [0.25, 0.3) is 10.9 Å². The number of benzene rings is 3. The van der Waals surface area contributed by atoms with Gasteiger partial charge in [0.05, 0.1) is 5.69 Å². The van der Waals surface area contributed by atoms with Crippen LogP contribution >= 0.6 is 0 Å². The Morgan fingerprint density at radius 2 is 1.73 bits per heavy atom. The minimum absolute atomic E-state index is 0.118. The van der Waals surface area contributed by atoms with Gasteiger partial charge in [0.15, 0.2) is 0 Å². The van der Waals surface area contributed by atoms with Crippen molar-refractivity contribution >= 4 is 16.8 Å². The van der Waals surface area contributed by atoms with E-state index in [1.165, 1.54) is 12.1 Å². The quantitative estimate of drug-likeness (QED) is 0.316. The number of para-hydroxylation sites is 1. The number of ether oxygens (including phenoxy) is 1. The highest BCUT2D eigenvalue weighted by atomic mass is 19.1. The van der Waals surface area contributed by atoms with Crippen molar-refractivity contribution in [1.29, 1.82) is 0 Å². The largest absolute Gasteiger partial charge is 0.487 e. The first-order valence-corrected chi connectivity index (χ1v) is 11.1. The number of fused-ring (bicyclic) bond motifs is 1. The van der Waals surface area contributed by atoms with E-state index in [0.29, 0.717) is 17.7 Å². The highest BCUT2D eigenvalue weighted by Crippen LogP contribution is 2.25. The zero-order chi connectivity index (χ0) is 23.2. The number of carbonyl (C=O) groups excluding carboxylic acids is 1. The van der Waals surface area contributed by atoms with E-state index in [4.69, 9.17) is 4.74 Å². The summed E-state index contributed by atoms with van der Waals surface area (Å²) in [5.74, 6) is -0.626. The Morgan fingerprint density at radius 1 is 0.970 bits per heavy atom. The smallest absolute Gasteiger partial charge is 0.251 e. The molecule has 1 N–H and O–H groups in total. The van der Waals surface area contributed by atoms with Gasteiger partial charge in [0.1, 0.15) is 24.0 Å². The van der Waals surface area contributed by atoms with E-state index in [1.807, 2.05) is 53.1 Å². The van der Waals surface area contributed by atoms with E-state index in [0.717, 1.165) is 41.3 Å². The van der Waals surface area contributed by atoms with Crippen LogP contribution in [0, 0.1) is 11.6 Å². The molecule has 0 aliphatic rings. The van der Waals surface area contributed by atoms with E-state index < -0.39 is 11.6 Å². The van der Waals surface area contributed by atoms with Crippen molar-refractivity contribution in [2.24, 2.45) is 0 Å². The Labute approximate surface area is 191 Å². The number of hydrogen-bond acceptors (Lipinski definition) is 2. The highest BCUT2D eigenvalue weighted by Gasteiger charge is 2.14. The first-order chi connectivity index (χ1) is 16.0. The van der Waals surface area contributed by atoms with Gasteiger partial charge < -0.3 is 14.6 Å². The zero-order valence-electron chi connectivity index (χ0n) is 18.5. The van der Waals surface area contributed by atoms with Crippen molar-refractivity contribution in [3.63, 3.8) is 0 Å². The molecule has 0 fully saturated rings. The lowest BCUT2D eigenvalue weighted by Gasteiger charge is -2.13. The van der Waals surface area contributed by atoms with Gasteiger partial charge in [-0.05, 0) is 60.5 Å². The normalized spacial score (nSPS) is 11.0. The van der Waals surface area contributed by atoms with Gasteiger partial charge in [0.2, 0.25) is 0 Å². The number of hydrogen-bond donors (Lipinski definition) is 1. The number of aromatic nitrogens is 1. The fourth-order valence-electron chi connectivity index (χ4n) is 3.82. The lowest BCUT2D eigenvalue weighted by molar-refractivity contribution is 0.0953. The summed E-state index contributed by atoms with van der Waals surface area (Å²) in [6.07, 6.45) is 1.93. The fraction of sp³-hybridized carbons (Fsp3) is 0.222. The molecule has 0 saturated carbocycles. The van der Waals surface area contributed by atoms with Gasteiger partial charge in [0.25, 0.3) is 5.91 Å². The Kier molecular flexibility index (Phi) is 7.03. The van der Waals surface area contributed by atoms with Crippen LogP contribution in [0.1, 0.15) is 41.4 Å². The topological polar surface area (TPSA) is 43.3 Å². The van der Waals surface area contributed by atoms with Crippen LogP contribution in [-0.2, 0) is 13.2 Å². The molecule has 170 valence electrons. The van der Waals surface area contributed by atoms with Crippen molar-refractivity contribution in [3.8, 4) is 5.75 Å². The van der Waals surface area contributed by atoms with E-state index in [-0.39, 0.29) is 19.1 Å². The zero-order valence-corrected chi connectivity index (χ0v) is 18.5. The lowest BCUT2D eigenvalue weighted by atomic mass is 10.1. The number of halogens is 2. The van der Waals surface area contributed by atoms with Crippen LogP contribution in [0.5, 0.6) is 5.75 Å². The second-order valence-corrected chi connectivity index (χ2v) is 7.98. The molecule has 4 aromatic rings. The Morgan fingerprint density at radius 3 is 2.45 bits per heavy atom. The van der Waals surface area contributed by atoms with Crippen LogP contribution in [0.3, 0.4) is 0 Å². The highest BCUT2D eigenvalue weighted by molar-refractivity contribution is 5.98. The van der Waals surface area contributed by atoms with E-state index in [1.54, 1.807) is 6.07 Å². The van der Waals surface area contributed by atoms with Crippen molar-refractivity contribution in [2.75, 3.05) is 6.54 Å². The van der Waals surface area contributed by atoms with Gasteiger partial charge in [-0.25, -0.2) is 8.78 Å². The van der Waals surface area contributed by atoms with Crippen molar-refractivity contribution in [3.05, 3.63) is 101 Å². The third-order valence-corrected chi connectivity index (χ3v) is 5.46. The SMILES string of the molecule is CCCCNC(=O)c1ccc2c(c1)cc(COc1ccccc1)n2Cc1cc(F)cc(F)c1. The number of nitrogens with zero attached hydrogens (tertiary/aromatic N) is 1. The second-order valence-electron chi connectivity index (χ2n) is 7.98. The lowest BCUT2D eigenvalue weighted by Crippen LogP contribution is -2.24. The molecule has 4 nitrogen and oxygen atoms in total. The fourth-order valence-corrected chi connectivity index (χ4v) is 3.82. The van der Waals surface area contributed by atoms with Gasteiger partial charge in [-0.2, -0.15) is 0 Å². The summed E-state index contributed by atoms with van der Waals surface area (Å²) in [7, 11) is 0. The van der Waals surface area contributed by atoms with Crippen LogP contribution in [0.4, 0.5) is 8.78 Å². The van der Waals surface area contributed by atoms with Gasteiger partial charge in [-0.15, -0.1) is 0 Å². The average molecular weight is 449 g/mol. The number of amides is 1. The maximum atomic E-state index is 13.8. The molecule has 3 aromatic carbocycles. The molecule has 0 bridgehead atoms. The predicted molar refractivity (Wildman–Crippen MR) is 125 cm³/mol. The molecule has 1 aromatic heterocycles. The van der Waals surface area contributed by atoms with E-state index in [2.05, 4.69) is 12.2 Å². The Balaban J connectivity index is 1.67. The molecule has 0 atom stereocenters. The summed E-state index contributed by atoms with van der Waals surface area (Å²) in [4.78, 5) is 12.5. The molecule has 0 aliphatic heterocycles. The molecule has 6 heteroatoms. The maximum absolute atomic E-state index is 13.8. The number of unbranched alkanes of at least 4 members (excludes halogenated alkanes) is 1. The first-order valence-electron chi connectivity index (χ1n) is 11.1. The van der Waals surface area contributed by atoms with Crippen molar-refractivity contribution in [2.45, 2.75) is 32.9 Å². The van der Waals surface area contributed by atoms with Crippen LogP contribution in [0.2, 0.25) is 0 Å². The minimum Gasteiger partial charge on any atom is -0.487 e. The van der Waals surface area contributed by atoms with Gasteiger partial charge in [-0.1, -0.05) is 31.5 Å².